The lowest BCUT2D eigenvalue weighted by Gasteiger charge is -2.08. The number of rotatable bonds is 4. The second-order valence-corrected chi connectivity index (χ2v) is 4.27. The lowest BCUT2D eigenvalue weighted by Crippen LogP contribution is -1.92. The molecule has 0 unspecified atom stereocenters. The van der Waals surface area contributed by atoms with Crippen LogP contribution in [0, 0.1) is 22.7 Å². The molecule has 1 aromatic heterocycles. The molecule has 0 aliphatic rings. The molecule has 2 rings (SSSR count). The zero-order chi connectivity index (χ0) is 15.1. The number of nitrogens with zero attached hydrogens (tertiary/aromatic N) is 3. The molecule has 1 N–H and O–H groups in total. The highest BCUT2D eigenvalue weighted by Crippen LogP contribution is 2.29. The molecule has 0 bridgehead atoms. The van der Waals surface area contributed by atoms with Gasteiger partial charge in [-0.1, -0.05) is 11.6 Å². The third kappa shape index (κ3) is 3.97. The van der Waals surface area contributed by atoms with Gasteiger partial charge in [-0.05, 0) is 24.3 Å². The highest BCUT2D eigenvalue weighted by atomic mass is 35.5. The van der Waals surface area contributed by atoms with Crippen molar-refractivity contribution < 1.29 is 4.74 Å². The van der Waals surface area contributed by atoms with Gasteiger partial charge in [0, 0.05) is 18.5 Å². The van der Waals surface area contributed by atoms with Crippen molar-refractivity contribution >= 4 is 17.3 Å². The molecule has 1 heterocycles. The summed E-state index contributed by atoms with van der Waals surface area (Å²) in [5, 5.41) is 20.5. The molecule has 0 radical (unpaired) electrons. The number of aromatic nitrogens is 1. The highest BCUT2D eigenvalue weighted by molar-refractivity contribution is 6.33. The molecule has 21 heavy (non-hydrogen) atoms. The van der Waals surface area contributed by atoms with Crippen LogP contribution in [0.2, 0.25) is 5.02 Å². The van der Waals surface area contributed by atoms with Gasteiger partial charge in [0.25, 0.3) is 0 Å². The van der Waals surface area contributed by atoms with Crippen LogP contribution in [0.1, 0.15) is 0 Å². The number of ether oxygens (including phenoxy) is 1. The topological polar surface area (TPSA) is 81.7 Å². The van der Waals surface area contributed by atoms with E-state index in [0.717, 1.165) is 0 Å². The Balaban J connectivity index is 2.13. The monoisotopic (exact) mass is 296 g/mol. The quantitative estimate of drug-likeness (QED) is 0.866. The van der Waals surface area contributed by atoms with Gasteiger partial charge in [-0.25, -0.2) is 0 Å². The van der Waals surface area contributed by atoms with Gasteiger partial charge in [-0.2, -0.15) is 10.5 Å². The maximum absolute atomic E-state index is 8.64. The van der Waals surface area contributed by atoms with Crippen LogP contribution < -0.4 is 10.1 Å². The molecule has 1 aromatic carbocycles. The Morgan fingerprint density at radius 3 is 2.67 bits per heavy atom. The molecule has 0 fully saturated rings. The maximum atomic E-state index is 8.64. The molecule has 6 heteroatoms. The number of halogens is 1. The molecule has 5 nitrogen and oxygen atoms in total. The lowest BCUT2D eigenvalue weighted by molar-refractivity contribution is 0.480. The zero-order valence-corrected chi connectivity index (χ0v) is 11.5. The highest BCUT2D eigenvalue weighted by Gasteiger charge is 2.03. The molecule has 2 aromatic rings. The summed E-state index contributed by atoms with van der Waals surface area (Å²) >= 11 is 6.11. The first-order valence-corrected chi connectivity index (χ1v) is 6.25. The van der Waals surface area contributed by atoms with E-state index in [1.165, 1.54) is 6.20 Å². The first-order valence-electron chi connectivity index (χ1n) is 5.87. The maximum Gasteiger partial charge on any atom is 0.145 e. The molecular formula is C15H9ClN4O. The van der Waals surface area contributed by atoms with E-state index in [9.17, 15) is 0 Å². The summed E-state index contributed by atoms with van der Waals surface area (Å²) in [5.74, 6) is 1.16. The number of pyridine rings is 1. The SMILES string of the molecule is N#CC(C#N)=CNc1ccc(Oc2cccnc2)cc1Cl. The van der Waals surface area contributed by atoms with Crippen LogP contribution in [0.25, 0.3) is 0 Å². The third-order valence-electron chi connectivity index (χ3n) is 2.42. The number of anilines is 1. The molecular weight excluding hydrogens is 288 g/mol. The minimum Gasteiger partial charge on any atom is -0.456 e. The number of hydrogen-bond donors (Lipinski definition) is 1. The van der Waals surface area contributed by atoms with Gasteiger partial charge < -0.3 is 10.1 Å². The third-order valence-corrected chi connectivity index (χ3v) is 2.74. The summed E-state index contributed by atoms with van der Waals surface area (Å²) in [5.41, 5.74) is 0.528. The average molecular weight is 297 g/mol. The minimum atomic E-state index is -0.0400. The Bertz CT molecular complexity index is 729. The Labute approximate surface area is 126 Å². The summed E-state index contributed by atoms with van der Waals surface area (Å²) in [7, 11) is 0. The fourth-order valence-electron chi connectivity index (χ4n) is 1.46. The summed E-state index contributed by atoms with van der Waals surface area (Å²) in [6.45, 7) is 0. The summed E-state index contributed by atoms with van der Waals surface area (Å²) in [6.07, 6.45) is 4.54. The minimum absolute atomic E-state index is 0.0400. The van der Waals surface area contributed by atoms with E-state index in [1.807, 2.05) is 0 Å². The van der Waals surface area contributed by atoms with Crippen LogP contribution in [-0.2, 0) is 0 Å². The van der Waals surface area contributed by atoms with Crippen molar-refractivity contribution in [3.8, 4) is 23.6 Å². The Morgan fingerprint density at radius 2 is 2.05 bits per heavy atom. The van der Waals surface area contributed by atoms with Crippen LogP contribution >= 0.6 is 11.6 Å². The zero-order valence-electron chi connectivity index (χ0n) is 10.7. The fourth-order valence-corrected chi connectivity index (χ4v) is 1.68. The van der Waals surface area contributed by atoms with Gasteiger partial charge in [0.2, 0.25) is 0 Å². The summed E-state index contributed by atoms with van der Waals surface area (Å²) < 4.78 is 5.59. The molecule has 0 saturated heterocycles. The van der Waals surface area contributed by atoms with Gasteiger partial charge in [-0.3, -0.25) is 4.98 Å². The standard InChI is InChI=1S/C15H9ClN4O/c16-14-6-12(21-13-2-1-5-19-10-13)3-4-15(14)20-9-11(7-17)8-18/h1-6,9-10,20H. The summed E-state index contributed by atoms with van der Waals surface area (Å²) in [6, 6.07) is 12.1. The molecule has 102 valence electrons. The molecule has 0 atom stereocenters. The Morgan fingerprint density at radius 1 is 1.24 bits per heavy atom. The van der Waals surface area contributed by atoms with E-state index in [-0.39, 0.29) is 5.57 Å². The molecule has 0 spiro atoms. The number of nitrogens with one attached hydrogen (secondary N) is 1. The van der Waals surface area contributed by atoms with Gasteiger partial charge in [-0.15, -0.1) is 0 Å². The van der Waals surface area contributed by atoms with E-state index in [4.69, 9.17) is 26.9 Å². The van der Waals surface area contributed by atoms with E-state index in [2.05, 4.69) is 10.3 Å². The van der Waals surface area contributed by atoms with Gasteiger partial charge in [0.05, 0.1) is 16.9 Å². The second-order valence-electron chi connectivity index (χ2n) is 3.86. The average Bonchev–Trinajstić information content (AvgIpc) is 2.51. The second kappa shape index (κ2) is 6.95. The largest absolute Gasteiger partial charge is 0.456 e. The smallest absolute Gasteiger partial charge is 0.145 e. The van der Waals surface area contributed by atoms with E-state index in [0.29, 0.717) is 22.2 Å². The molecule has 0 amide bonds. The Hall–Kier alpha value is -3.02. The Kier molecular flexibility index (Phi) is 4.76. The van der Waals surface area contributed by atoms with Crippen LogP contribution in [0.5, 0.6) is 11.5 Å². The van der Waals surface area contributed by atoms with Crippen molar-refractivity contribution in [1.29, 1.82) is 10.5 Å². The number of nitriles is 2. The van der Waals surface area contributed by atoms with Crippen molar-refractivity contribution in [1.82, 2.24) is 4.98 Å². The molecule has 0 aliphatic heterocycles. The van der Waals surface area contributed by atoms with Crippen molar-refractivity contribution in [2.75, 3.05) is 5.32 Å². The van der Waals surface area contributed by atoms with Crippen molar-refractivity contribution in [2.24, 2.45) is 0 Å². The van der Waals surface area contributed by atoms with Crippen LogP contribution in [0.4, 0.5) is 5.69 Å². The number of hydrogen-bond acceptors (Lipinski definition) is 5. The molecule has 0 saturated carbocycles. The van der Waals surface area contributed by atoms with E-state index >= 15 is 0 Å². The van der Waals surface area contributed by atoms with Crippen molar-refractivity contribution in [2.45, 2.75) is 0 Å². The first kappa shape index (κ1) is 14.4. The van der Waals surface area contributed by atoms with Gasteiger partial charge in [0.15, 0.2) is 0 Å². The van der Waals surface area contributed by atoms with Gasteiger partial charge >= 0.3 is 0 Å². The normalized spacial score (nSPS) is 9.10. The van der Waals surface area contributed by atoms with Crippen LogP contribution in [-0.4, -0.2) is 4.98 Å². The van der Waals surface area contributed by atoms with Crippen molar-refractivity contribution in [3.05, 3.63) is 59.5 Å². The predicted octanol–water partition coefficient (Wildman–Crippen LogP) is 3.87. The van der Waals surface area contributed by atoms with E-state index in [1.54, 1.807) is 54.9 Å². The number of benzene rings is 1. The van der Waals surface area contributed by atoms with Crippen LogP contribution in [0.3, 0.4) is 0 Å². The fraction of sp³-hybridized carbons (Fsp3) is 0. The van der Waals surface area contributed by atoms with E-state index < -0.39 is 0 Å². The molecule has 0 aliphatic carbocycles. The summed E-state index contributed by atoms with van der Waals surface area (Å²) in [4.78, 5) is 3.95. The van der Waals surface area contributed by atoms with Crippen molar-refractivity contribution in [3.63, 3.8) is 0 Å². The lowest BCUT2D eigenvalue weighted by atomic mass is 10.3. The predicted molar refractivity (Wildman–Crippen MR) is 78.7 cm³/mol. The van der Waals surface area contributed by atoms with Gasteiger partial charge in [0.1, 0.15) is 29.2 Å². The number of allylic oxidation sites excluding steroid dienone is 1. The van der Waals surface area contributed by atoms with Crippen LogP contribution in [0.15, 0.2) is 54.5 Å². The first-order chi connectivity index (χ1) is 10.2.